The molecule has 1 aromatic rings. The van der Waals surface area contributed by atoms with Gasteiger partial charge in [0.1, 0.15) is 5.82 Å². The van der Waals surface area contributed by atoms with Crippen LogP contribution < -0.4 is 10.2 Å². The maximum atomic E-state index is 4.80. The van der Waals surface area contributed by atoms with Gasteiger partial charge in [0.15, 0.2) is 0 Å². The van der Waals surface area contributed by atoms with Gasteiger partial charge in [-0.25, -0.2) is 4.98 Å². The van der Waals surface area contributed by atoms with Gasteiger partial charge in [0.25, 0.3) is 0 Å². The molecule has 0 aliphatic heterocycles. The summed E-state index contributed by atoms with van der Waals surface area (Å²) in [5.41, 5.74) is 3.77. The van der Waals surface area contributed by atoms with Crippen LogP contribution in [0.4, 0.5) is 5.82 Å². The van der Waals surface area contributed by atoms with E-state index in [2.05, 4.69) is 50.9 Å². The molecule has 108 valence electrons. The Morgan fingerprint density at radius 2 is 2.00 bits per heavy atom. The van der Waals surface area contributed by atoms with Gasteiger partial charge in [0.05, 0.1) is 0 Å². The van der Waals surface area contributed by atoms with Crippen LogP contribution in [0.3, 0.4) is 0 Å². The van der Waals surface area contributed by atoms with Crippen molar-refractivity contribution in [3.63, 3.8) is 0 Å². The lowest BCUT2D eigenvalue weighted by molar-refractivity contribution is 0.543. The third kappa shape index (κ3) is 4.20. The molecule has 1 heterocycles. The lowest BCUT2D eigenvalue weighted by Crippen LogP contribution is -2.31. The topological polar surface area (TPSA) is 28.2 Å². The van der Waals surface area contributed by atoms with Crippen molar-refractivity contribution in [2.75, 3.05) is 25.0 Å². The fourth-order valence-electron chi connectivity index (χ4n) is 2.37. The number of nitrogens with zero attached hydrogens (tertiary/aromatic N) is 2. The Morgan fingerprint density at radius 3 is 2.53 bits per heavy atom. The van der Waals surface area contributed by atoms with E-state index in [9.17, 15) is 0 Å². The molecule has 0 bridgehead atoms. The molecule has 3 nitrogen and oxygen atoms in total. The van der Waals surface area contributed by atoms with Gasteiger partial charge in [-0.05, 0) is 45.4 Å². The normalized spacial score (nSPS) is 12.5. The first kappa shape index (κ1) is 16.0. The van der Waals surface area contributed by atoms with Gasteiger partial charge < -0.3 is 10.2 Å². The molecule has 3 heteroatoms. The fraction of sp³-hybridized carbons (Fsp3) is 0.688. The number of aryl methyl sites for hydroxylation is 2. The zero-order valence-electron chi connectivity index (χ0n) is 13.4. The maximum absolute atomic E-state index is 4.80. The van der Waals surface area contributed by atoms with Crippen molar-refractivity contribution in [1.82, 2.24) is 10.3 Å². The van der Waals surface area contributed by atoms with E-state index in [1.807, 2.05) is 7.05 Å². The minimum Gasteiger partial charge on any atom is -0.356 e. The Balaban J connectivity index is 3.13. The van der Waals surface area contributed by atoms with Crippen LogP contribution in [0.25, 0.3) is 0 Å². The number of hydrogen-bond acceptors (Lipinski definition) is 3. The number of rotatable bonds is 7. The van der Waals surface area contributed by atoms with Crippen LogP contribution in [0.1, 0.15) is 44.0 Å². The number of aromatic nitrogens is 1. The number of hydrogen-bond donors (Lipinski definition) is 1. The standard InChI is InChI=1S/C16H29N3/c1-7-12(3)11-19(8-2)16-15(10-17-6)13(4)9-14(5)18-16/h9,12,17H,7-8,10-11H2,1-6H3. The van der Waals surface area contributed by atoms with Gasteiger partial charge in [0, 0.05) is 30.9 Å². The SMILES string of the molecule is CCC(C)CN(CC)c1nc(C)cc(C)c1CNC. The van der Waals surface area contributed by atoms with Crippen LogP contribution in [0.15, 0.2) is 6.07 Å². The van der Waals surface area contributed by atoms with E-state index in [1.165, 1.54) is 17.5 Å². The summed E-state index contributed by atoms with van der Waals surface area (Å²) in [7, 11) is 1.99. The van der Waals surface area contributed by atoms with Crippen molar-refractivity contribution in [1.29, 1.82) is 0 Å². The van der Waals surface area contributed by atoms with Crippen LogP contribution in [0, 0.1) is 19.8 Å². The van der Waals surface area contributed by atoms with Gasteiger partial charge in [-0.1, -0.05) is 20.3 Å². The lowest BCUT2D eigenvalue weighted by Gasteiger charge is -2.28. The van der Waals surface area contributed by atoms with Crippen molar-refractivity contribution < 1.29 is 0 Å². The Hall–Kier alpha value is -1.09. The molecule has 1 atom stereocenters. The van der Waals surface area contributed by atoms with Gasteiger partial charge in [0.2, 0.25) is 0 Å². The van der Waals surface area contributed by atoms with Crippen LogP contribution in [-0.4, -0.2) is 25.1 Å². The van der Waals surface area contributed by atoms with Gasteiger partial charge in [-0.3, -0.25) is 0 Å². The molecule has 19 heavy (non-hydrogen) atoms. The Bertz CT molecular complexity index is 401. The molecule has 0 spiro atoms. The second kappa shape index (κ2) is 7.49. The minimum atomic E-state index is 0.699. The summed E-state index contributed by atoms with van der Waals surface area (Å²) in [6, 6.07) is 2.17. The maximum Gasteiger partial charge on any atom is 0.133 e. The molecular formula is C16H29N3. The highest BCUT2D eigenvalue weighted by atomic mass is 15.2. The largest absolute Gasteiger partial charge is 0.356 e. The second-order valence-corrected chi connectivity index (χ2v) is 5.47. The Kier molecular flexibility index (Phi) is 6.29. The number of anilines is 1. The molecular weight excluding hydrogens is 234 g/mol. The van der Waals surface area contributed by atoms with Crippen molar-refractivity contribution in [3.05, 3.63) is 22.9 Å². The summed E-state index contributed by atoms with van der Waals surface area (Å²) in [6.07, 6.45) is 1.21. The average molecular weight is 263 g/mol. The summed E-state index contributed by atoms with van der Waals surface area (Å²) in [4.78, 5) is 7.21. The quantitative estimate of drug-likeness (QED) is 0.818. The van der Waals surface area contributed by atoms with E-state index in [4.69, 9.17) is 4.98 Å². The van der Waals surface area contributed by atoms with Crippen LogP contribution in [-0.2, 0) is 6.54 Å². The van der Waals surface area contributed by atoms with Crippen LogP contribution >= 0.6 is 0 Å². The van der Waals surface area contributed by atoms with Crippen LogP contribution in [0.5, 0.6) is 0 Å². The lowest BCUT2D eigenvalue weighted by atomic mass is 10.1. The highest BCUT2D eigenvalue weighted by Crippen LogP contribution is 2.23. The van der Waals surface area contributed by atoms with E-state index >= 15 is 0 Å². The van der Waals surface area contributed by atoms with Gasteiger partial charge in [-0.15, -0.1) is 0 Å². The summed E-state index contributed by atoms with van der Waals surface area (Å²) < 4.78 is 0. The number of nitrogens with one attached hydrogen (secondary N) is 1. The van der Waals surface area contributed by atoms with Gasteiger partial charge in [-0.2, -0.15) is 0 Å². The molecule has 0 amide bonds. The molecule has 1 aromatic heterocycles. The van der Waals surface area contributed by atoms with Crippen molar-refractivity contribution >= 4 is 5.82 Å². The van der Waals surface area contributed by atoms with Crippen molar-refractivity contribution in [2.24, 2.45) is 5.92 Å². The summed E-state index contributed by atoms with van der Waals surface area (Å²) in [6.45, 7) is 14.0. The van der Waals surface area contributed by atoms with Crippen molar-refractivity contribution in [3.8, 4) is 0 Å². The summed E-state index contributed by atoms with van der Waals surface area (Å²) in [5.74, 6) is 1.86. The first-order valence-corrected chi connectivity index (χ1v) is 7.40. The first-order valence-electron chi connectivity index (χ1n) is 7.40. The predicted octanol–water partition coefficient (Wildman–Crippen LogP) is 3.29. The fourth-order valence-corrected chi connectivity index (χ4v) is 2.37. The molecule has 0 saturated carbocycles. The molecule has 0 saturated heterocycles. The van der Waals surface area contributed by atoms with E-state index in [-0.39, 0.29) is 0 Å². The smallest absolute Gasteiger partial charge is 0.133 e. The Morgan fingerprint density at radius 1 is 1.32 bits per heavy atom. The van der Waals surface area contributed by atoms with E-state index in [0.29, 0.717) is 5.92 Å². The van der Waals surface area contributed by atoms with E-state index < -0.39 is 0 Å². The zero-order valence-corrected chi connectivity index (χ0v) is 13.4. The third-order valence-corrected chi connectivity index (χ3v) is 3.72. The highest BCUT2D eigenvalue weighted by Gasteiger charge is 2.15. The Labute approximate surface area is 118 Å². The molecule has 1 rings (SSSR count). The second-order valence-electron chi connectivity index (χ2n) is 5.47. The van der Waals surface area contributed by atoms with E-state index in [1.54, 1.807) is 0 Å². The minimum absolute atomic E-state index is 0.699. The molecule has 1 unspecified atom stereocenters. The third-order valence-electron chi connectivity index (χ3n) is 3.72. The number of pyridine rings is 1. The molecule has 0 aliphatic rings. The monoisotopic (exact) mass is 263 g/mol. The molecule has 0 fully saturated rings. The predicted molar refractivity (Wildman–Crippen MR) is 83.8 cm³/mol. The highest BCUT2D eigenvalue weighted by molar-refractivity contribution is 5.51. The van der Waals surface area contributed by atoms with Crippen LogP contribution in [0.2, 0.25) is 0 Å². The van der Waals surface area contributed by atoms with Crippen molar-refractivity contribution in [2.45, 2.75) is 47.6 Å². The molecule has 0 radical (unpaired) electrons. The van der Waals surface area contributed by atoms with E-state index in [0.717, 1.165) is 31.1 Å². The first-order chi connectivity index (χ1) is 9.03. The van der Waals surface area contributed by atoms with Gasteiger partial charge >= 0.3 is 0 Å². The summed E-state index contributed by atoms with van der Waals surface area (Å²) in [5, 5.41) is 3.26. The molecule has 0 aliphatic carbocycles. The summed E-state index contributed by atoms with van der Waals surface area (Å²) >= 11 is 0. The zero-order chi connectivity index (χ0) is 14.4. The molecule has 1 N–H and O–H groups in total. The average Bonchev–Trinajstić information content (AvgIpc) is 2.38. The molecule has 0 aromatic carbocycles.